The number of nitrogens with zero attached hydrogens (tertiary/aromatic N) is 2. The summed E-state index contributed by atoms with van der Waals surface area (Å²) in [5.74, 6) is 0. The zero-order chi connectivity index (χ0) is 37.0. The second kappa shape index (κ2) is 12.1. The molecule has 2 heterocycles. The van der Waals surface area contributed by atoms with Crippen LogP contribution in [-0.4, -0.2) is 12.1 Å². The molecule has 0 saturated heterocycles. The number of hydrogen-bond donors (Lipinski definition) is 0. The number of benzene rings is 8. The van der Waals surface area contributed by atoms with E-state index in [1.807, 2.05) is 0 Å². The number of rotatable bonds is 4. The highest BCUT2D eigenvalue weighted by atomic mass is 15.2. The van der Waals surface area contributed by atoms with E-state index in [4.69, 9.17) is 0 Å². The molecule has 8 aromatic carbocycles. The predicted molar refractivity (Wildman–Crippen MR) is 236 cm³/mol. The van der Waals surface area contributed by atoms with Gasteiger partial charge in [-0.2, -0.15) is 0 Å². The molecule has 268 valence electrons. The molecule has 2 nitrogen and oxygen atoms in total. The van der Waals surface area contributed by atoms with Crippen LogP contribution in [0.25, 0.3) is 55.6 Å². The second-order valence-electron chi connectivity index (χ2n) is 16.9. The summed E-state index contributed by atoms with van der Waals surface area (Å²) in [5, 5.41) is 7.99. The lowest BCUT2D eigenvalue weighted by Crippen LogP contribution is -2.33. The van der Waals surface area contributed by atoms with Crippen LogP contribution in [-0.2, 0) is 18.3 Å². The minimum atomic E-state index is -0.0971. The quantitative estimate of drug-likeness (QED) is 0.133. The molecule has 8 aromatic rings. The normalized spacial score (nSPS) is 18.6. The summed E-state index contributed by atoms with van der Waals surface area (Å²) in [6.45, 7) is 9.55. The fourth-order valence-corrected chi connectivity index (χ4v) is 10.5. The molecule has 0 aromatic heterocycles. The Morgan fingerprint density at radius 1 is 0.527 bits per heavy atom. The third kappa shape index (κ3) is 4.87. The molecule has 2 unspecified atom stereocenters. The standard InChI is InChI=1S/C53H46N2/c1-33-13-17-37-9-5-7-11-48(37)54(33)41-25-29-44-43-26-16-35(31-46(43)53(3,4)47(44)32-41)15-19-36-20-21-39-23-28-45-50(30-24-40-22-27-42(36)51(39)52(40)45)55-34(2)14-18-38-10-6-8-12-49(38)55/h5-12,15-16,19-34H,13-14,17-18H2,1-4H3. The third-order valence-electron chi connectivity index (χ3n) is 13.4. The van der Waals surface area contributed by atoms with Crippen molar-refractivity contribution in [1.29, 1.82) is 0 Å². The topological polar surface area (TPSA) is 6.48 Å². The van der Waals surface area contributed by atoms with Gasteiger partial charge in [-0.25, -0.2) is 0 Å². The van der Waals surface area contributed by atoms with E-state index in [1.54, 1.807) is 0 Å². The van der Waals surface area contributed by atoms with Crippen LogP contribution in [0.4, 0.5) is 22.7 Å². The van der Waals surface area contributed by atoms with Gasteiger partial charge < -0.3 is 9.80 Å². The van der Waals surface area contributed by atoms with Crippen molar-refractivity contribution in [1.82, 2.24) is 0 Å². The number of fused-ring (bicyclic) bond motifs is 5. The SMILES string of the molecule is CC1CCc2ccccc2N1c1ccc2c(c1)C(C)(C)c1cc(C=Cc3ccc4ccc5c(N6c7ccccc7CCC6C)ccc6ccc3c4c65)ccc1-2. The minimum Gasteiger partial charge on any atom is -0.338 e. The first-order valence-corrected chi connectivity index (χ1v) is 20.3. The summed E-state index contributed by atoms with van der Waals surface area (Å²) in [7, 11) is 0. The van der Waals surface area contributed by atoms with Crippen molar-refractivity contribution in [2.24, 2.45) is 0 Å². The highest BCUT2D eigenvalue weighted by Gasteiger charge is 2.37. The maximum atomic E-state index is 2.59. The van der Waals surface area contributed by atoms with E-state index in [-0.39, 0.29) is 5.41 Å². The number of aryl methyl sites for hydroxylation is 2. The summed E-state index contributed by atoms with van der Waals surface area (Å²) >= 11 is 0. The van der Waals surface area contributed by atoms with Crippen molar-refractivity contribution >= 4 is 67.2 Å². The van der Waals surface area contributed by atoms with Gasteiger partial charge in [-0.15, -0.1) is 0 Å². The highest BCUT2D eigenvalue weighted by Crippen LogP contribution is 2.51. The monoisotopic (exact) mass is 710 g/mol. The fourth-order valence-electron chi connectivity index (χ4n) is 10.5. The van der Waals surface area contributed by atoms with E-state index in [9.17, 15) is 0 Å². The molecule has 2 atom stereocenters. The maximum Gasteiger partial charge on any atom is 0.0493 e. The van der Waals surface area contributed by atoms with Crippen LogP contribution in [0.1, 0.15) is 73.9 Å². The Kier molecular flexibility index (Phi) is 7.15. The molecule has 0 saturated carbocycles. The Bertz CT molecular complexity index is 2860. The first-order chi connectivity index (χ1) is 26.8. The molecule has 0 bridgehead atoms. The van der Waals surface area contributed by atoms with Gasteiger partial charge in [0.15, 0.2) is 0 Å². The minimum absolute atomic E-state index is 0.0971. The second-order valence-corrected chi connectivity index (χ2v) is 16.9. The summed E-state index contributed by atoms with van der Waals surface area (Å²) in [6, 6.07) is 51.8. The van der Waals surface area contributed by atoms with E-state index in [0.717, 1.165) is 19.3 Å². The molecule has 0 fully saturated rings. The Labute approximate surface area is 324 Å². The summed E-state index contributed by atoms with van der Waals surface area (Å²) < 4.78 is 0. The lowest BCUT2D eigenvalue weighted by atomic mass is 9.81. The van der Waals surface area contributed by atoms with E-state index in [0.29, 0.717) is 12.1 Å². The van der Waals surface area contributed by atoms with Crippen LogP contribution < -0.4 is 9.80 Å². The van der Waals surface area contributed by atoms with Gasteiger partial charge in [0.25, 0.3) is 0 Å². The van der Waals surface area contributed by atoms with E-state index in [2.05, 4.69) is 183 Å². The Hall–Kier alpha value is -5.86. The molecule has 0 radical (unpaired) electrons. The first-order valence-electron chi connectivity index (χ1n) is 20.3. The summed E-state index contributed by atoms with van der Waals surface area (Å²) in [6.07, 6.45) is 9.27. The van der Waals surface area contributed by atoms with Crippen LogP contribution >= 0.6 is 0 Å². The summed E-state index contributed by atoms with van der Waals surface area (Å²) in [5.41, 5.74) is 16.2. The largest absolute Gasteiger partial charge is 0.338 e. The molecule has 3 aliphatic rings. The Morgan fingerprint density at radius 2 is 1.11 bits per heavy atom. The van der Waals surface area contributed by atoms with Crippen molar-refractivity contribution in [3.63, 3.8) is 0 Å². The van der Waals surface area contributed by atoms with Crippen LogP contribution in [0.15, 0.2) is 133 Å². The van der Waals surface area contributed by atoms with Gasteiger partial charge in [-0.1, -0.05) is 129 Å². The third-order valence-corrected chi connectivity index (χ3v) is 13.4. The van der Waals surface area contributed by atoms with Gasteiger partial charge in [0.2, 0.25) is 0 Å². The number of anilines is 4. The van der Waals surface area contributed by atoms with Crippen LogP contribution in [0.3, 0.4) is 0 Å². The van der Waals surface area contributed by atoms with Crippen molar-refractivity contribution in [2.75, 3.05) is 9.80 Å². The summed E-state index contributed by atoms with van der Waals surface area (Å²) in [4.78, 5) is 5.16. The number of hydrogen-bond acceptors (Lipinski definition) is 2. The molecule has 0 N–H and O–H groups in total. The average Bonchev–Trinajstić information content (AvgIpc) is 3.44. The van der Waals surface area contributed by atoms with Crippen LogP contribution in [0.5, 0.6) is 0 Å². The molecule has 0 spiro atoms. The molecule has 2 aliphatic heterocycles. The molecule has 55 heavy (non-hydrogen) atoms. The Morgan fingerprint density at radius 3 is 1.85 bits per heavy atom. The van der Waals surface area contributed by atoms with Crippen LogP contribution in [0.2, 0.25) is 0 Å². The fraction of sp³-hybridized carbons (Fsp3) is 0.208. The van der Waals surface area contributed by atoms with Crippen LogP contribution in [0, 0.1) is 0 Å². The first kappa shape index (κ1) is 32.6. The van der Waals surface area contributed by atoms with Crippen molar-refractivity contribution < 1.29 is 0 Å². The molecule has 1 aliphatic carbocycles. The van der Waals surface area contributed by atoms with Gasteiger partial charge in [0, 0.05) is 45.6 Å². The zero-order valence-corrected chi connectivity index (χ0v) is 32.2. The molecule has 2 heteroatoms. The van der Waals surface area contributed by atoms with Gasteiger partial charge in [-0.3, -0.25) is 0 Å². The van der Waals surface area contributed by atoms with Gasteiger partial charge in [0.1, 0.15) is 0 Å². The predicted octanol–water partition coefficient (Wildman–Crippen LogP) is 14.0. The molecular formula is C53H46N2. The average molecular weight is 711 g/mol. The Balaban J connectivity index is 0.960. The molecule has 11 rings (SSSR count). The smallest absolute Gasteiger partial charge is 0.0493 e. The highest BCUT2D eigenvalue weighted by molar-refractivity contribution is 6.26. The number of para-hydroxylation sites is 2. The zero-order valence-electron chi connectivity index (χ0n) is 32.2. The van der Waals surface area contributed by atoms with E-state index >= 15 is 0 Å². The van der Waals surface area contributed by atoms with E-state index in [1.165, 1.54) is 106 Å². The molecular weight excluding hydrogens is 665 g/mol. The van der Waals surface area contributed by atoms with Gasteiger partial charge in [0.05, 0.1) is 0 Å². The van der Waals surface area contributed by atoms with Crippen molar-refractivity contribution in [3.8, 4) is 11.1 Å². The van der Waals surface area contributed by atoms with Gasteiger partial charge in [-0.05, 0) is 141 Å². The van der Waals surface area contributed by atoms with Crippen molar-refractivity contribution in [2.45, 2.75) is 70.9 Å². The lowest BCUT2D eigenvalue weighted by Gasteiger charge is -2.38. The lowest BCUT2D eigenvalue weighted by molar-refractivity contribution is 0.616. The maximum absolute atomic E-state index is 2.59. The van der Waals surface area contributed by atoms with E-state index < -0.39 is 0 Å². The van der Waals surface area contributed by atoms with Crippen molar-refractivity contribution in [3.05, 3.63) is 167 Å². The van der Waals surface area contributed by atoms with Gasteiger partial charge >= 0.3 is 0 Å². The molecule has 0 amide bonds.